The Bertz CT molecular complexity index is 782. The molecule has 0 spiro atoms. The van der Waals surface area contributed by atoms with Crippen molar-refractivity contribution in [1.29, 1.82) is 0 Å². The molecule has 0 bridgehead atoms. The van der Waals surface area contributed by atoms with E-state index in [2.05, 4.69) is 9.83 Å². The van der Waals surface area contributed by atoms with E-state index in [1.165, 1.54) is 6.20 Å². The first-order chi connectivity index (χ1) is 8.22. The van der Waals surface area contributed by atoms with Gasteiger partial charge in [0, 0.05) is 5.39 Å². The molecule has 17 heavy (non-hydrogen) atoms. The minimum Gasteiger partial charge on any atom is -0.711 e. The third-order valence-electron chi connectivity index (χ3n) is 2.89. The predicted octanol–water partition coefficient (Wildman–Crippen LogP) is 1.91. The number of nitrogens with zero attached hydrogens (tertiary/aromatic N) is 4. The molecule has 0 atom stereocenters. The van der Waals surface area contributed by atoms with Crippen LogP contribution >= 0.6 is 0 Å². The SMILES string of the molecule is [C-]#[N+]c1cc2c3ccc[n+]([O-])c3n(C)c2cn1. The third kappa shape index (κ3) is 1.18. The van der Waals surface area contributed by atoms with Gasteiger partial charge < -0.3 is 10.1 Å². The summed E-state index contributed by atoms with van der Waals surface area (Å²) in [6, 6.07) is 5.29. The Kier molecular flexibility index (Phi) is 1.80. The summed E-state index contributed by atoms with van der Waals surface area (Å²) in [5, 5.41) is 13.5. The molecule has 0 aliphatic heterocycles. The Morgan fingerprint density at radius 2 is 2.29 bits per heavy atom. The summed E-state index contributed by atoms with van der Waals surface area (Å²) in [6.45, 7) is 6.96. The standard InChI is InChI=1S/C12H8N4O/c1-13-11-6-9-8-4-3-5-16(17)12(8)15(2)10(9)7-14-11/h3-7H,2H3. The zero-order chi connectivity index (χ0) is 12.0. The first-order valence-corrected chi connectivity index (χ1v) is 5.06. The van der Waals surface area contributed by atoms with E-state index in [0.29, 0.717) is 11.5 Å². The van der Waals surface area contributed by atoms with Crippen molar-refractivity contribution in [3.8, 4) is 0 Å². The molecule has 5 nitrogen and oxygen atoms in total. The summed E-state index contributed by atoms with van der Waals surface area (Å²) in [4.78, 5) is 7.33. The van der Waals surface area contributed by atoms with E-state index in [1.807, 2.05) is 13.1 Å². The maximum atomic E-state index is 11.7. The van der Waals surface area contributed by atoms with Crippen LogP contribution in [0.25, 0.3) is 26.8 Å². The fourth-order valence-electron chi connectivity index (χ4n) is 2.12. The van der Waals surface area contributed by atoms with Crippen LogP contribution in [0.5, 0.6) is 0 Å². The normalized spacial score (nSPS) is 10.8. The summed E-state index contributed by atoms with van der Waals surface area (Å²) in [5.74, 6) is 0.339. The van der Waals surface area contributed by atoms with E-state index in [-0.39, 0.29) is 0 Å². The van der Waals surface area contributed by atoms with Crippen LogP contribution in [0, 0.1) is 11.8 Å². The second kappa shape index (κ2) is 3.19. The number of hydrogen-bond acceptors (Lipinski definition) is 2. The fourth-order valence-corrected chi connectivity index (χ4v) is 2.12. The van der Waals surface area contributed by atoms with Crippen molar-refractivity contribution in [3.05, 3.63) is 47.2 Å². The lowest BCUT2D eigenvalue weighted by Gasteiger charge is -2.02. The molecule has 0 aromatic carbocycles. The van der Waals surface area contributed by atoms with Crippen molar-refractivity contribution in [1.82, 2.24) is 9.55 Å². The zero-order valence-electron chi connectivity index (χ0n) is 9.08. The van der Waals surface area contributed by atoms with Crippen LogP contribution in [-0.2, 0) is 7.05 Å². The van der Waals surface area contributed by atoms with Crippen molar-refractivity contribution in [2.75, 3.05) is 0 Å². The number of hydrogen-bond donors (Lipinski definition) is 0. The molecule has 3 rings (SSSR count). The Morgan fingerprint density at radius 3 is 3.06 bits per heavy atom. The van der Waals surface area contributed by atoms with Crippen molar-refractivity contribution in [2.24, 2.45) is 7.05 Å². The van der Waals surface area contributed by atoms with Gasteiger partial charge in [-0.25, -0.2) is 9.30 Å². The van der Waals surface area contributed by atoms with Gasteiger partial charge in [0.2, 0.25) is 0 Å². The van der Waals surface area contributed by atoms with Gasteiger partial charge in [-0.2, -0.15) is 0 Å². The molecule has 3 aromatic heterocycles. The van der Waals surface area contributed by atoms with Gasteiger partial charge in [0.25, 0.3) is 11.5 Å². The molecule has 0 radical (unpaired) electrons. The van der Waals surface area contributed by atoms with E-state index in [9.17, 15) is 5.21 Å². The summed E-state index contributed by atoms with van der Waals surface area (Å²) in [7, 11) is 1.82. The molecule has 5 heteroatoms. The van der Waals surface area contributed by atoms with Crippen LogP contribution in [0.4, 0.5) is 5.82 Å². The number of fused-ring (bicyclic) bond motifs is 3. The minimum absolute atomic E-state index is 0.339. The van der Waals surface area contributed by atoms with Gasteiger partial charge in [-0.1, -0.05) is 6.57 Å². The molecule has 82 valence electrons. The van der Waals surface area contributed by atoms with E-state index in [1.54, 1.807) is 22.9 Å². The number of pyridine rings is 2. The largest absolute Gasteiger partial charge is 0.711 e. The molecule has 3 aromatic rings. The Morgan fingerprint density at radius 1 is 1.47 bits per heavy atom. The Balaban J connectivity index is 2.60. The van der Waals surface area contributed by atoms with Gasteiger partial charge in [0.1, 0.15) is 0 Å². The third-order valence-corrected chi connectivity index (χ3v) is 2.89. The van der Waals surface area contributed by atoms with Crippen molar-refractivity contribution in [3.63, 3.8) is 0 Å². The van der Waals surface area contributed by atoms with Crippen LogP contribution in [-0.4, -0.2) is 9.55 Å². The highest BCUT2D eigenvalue weighted by Gasteiger charge is 2.17. The fraction of sp³-hybridized carbons (Fsp3) is 0.0833. The van der Waals surface area contributed by atoms with Crippen LogP contribution < -0.4 is 4.73 Å². The highest BCUT2D eigenvalue weighted by atomic mass is 16.5. The van der Waals surface area contributed by atoms with E-state index in [0.717, 1.165) is 21.0 Å². The molecule has 0 unspecified atom stereocenters. The highest BCUT2D eigenvalue weighted by molar-refractivity contribution is 6.06. The maximum Gasteiger partial charge on any atom is 0.292 e. The van der Waals surface area contributed by atoms with Gasteiger partial charge in [-0.15, -0.1) is 4.98 Å². The number of aryl methyl sites for hydroxylation is 1. The van der Waals surface area contributed by atoms with Crippen molar-refractivity contribution >= 4 is 27.8 Å². The first-order valence-electron chi connectivity index (χ1n) is 5.06. The predicted molar refractivity (Wildman–Crippen MR) is 63.4 cm³/mol. The summed E-state index contributed by atoms with van der Waals surface area (Å²) in [5.41, 5.74) is 1.43. The van der Waals surface area contributed by atoms with Crippen molar-refractivity contribution in [2.45, 2.75) is 0 Å². The van der Waals surface area contributed by atoms with E-state index in [4.69, 9.17) is 6.57 Å². The van der Waals surface area contributed by atoms with Gasteiger partial charge in [-0.05, 0) is 18.2 Å². The Labute approximate surface area is 96.9 Å². The zero-order valence-corrected chi connectivity index (χ0v) is 9.08. The van der Waals surface area contributed by atoms with Gasteiger partial charge in [-0.3, -0.25) is 0 Å². The van der Waals surface area contributed by atoms with Gasteiger partial charge in [0.05, 0.1) is 18.6 Å². The molecular weight excluding hydrogens is 216 g/mol. The quantitative estimate of drug-likeness (QED) is 0.332. The molecular formula is C12H8N4O. The highest BCUT2D eigenvalue weighted by Crippen LogP contribution is 2.27. The molecule has 0 amide bonds. The second-order valence-electron chi connectivity index (χ2n) is 3.80. The average molecular weight is 224 g/mol. The topological polar surface area (TPSA) is 49.1 Å². The van der Waals surface area contributed by atoms with Crippen LogP contribution in [0.1, 0.15) is 0 Å². The average Bonchev–Trinajstić information content (AvgIpc) is 2.64. The lowest BCUT2D eigenvalue weighted by Crippen LogP contribution is -2.27. The molecule has 0 saturated carbocycles. The summed E-state index contributed by atoms with van der Waals surface area (Å²) >= 11 is 0. The van der Waals surface area contributed by atoms with Gasteiger partial charge >= 0.3 is 0 Å². The monoisotopic (exact) mass is 224 g/mol. The minimum atomic E-state index is 0.339. The maximum absolute atomic E-state index is 11.7. The molecule has 0 aliphatic carbocycles. The van der Waals surface area contributed by atoms with Crippen molar-refractivity contribution < 1.29 is 4.73 Å². The summed E-state index contributed by atoms with van der Waals surface area (Å²) in [6.07, 6.45) is 3.09. The Hall–Kier alpha value is -2.61. The van der Waals surface area contributed by atoms with Gasteiger partial charge in [0.15, 0.2) is 11.7 Å². The molecule has 0 aliphatic rings. The van der Waals surface area contributed by atoms with Crippen LogP contribution in [0.15, 0.2) is 30.6 Å². The smallest absolute Gasteiger partial charge is 0.292 e. The van der Waals surface area contributed by atoms with Crippen LogP contribution in [0.3, 0.4) is 0 Å². The first kappa shape index (κ1) is 9.60. The van der Waals surface area contributed by atoms with Crippen LogP contribution in [0.2, 0.25) is 0 Å². The molecule has 0 N–H and O–H groups in total. The molecule has 3 heterocycles. The van der Waals surface area contributed by atoms with E-state index < -0.39 is 0 Å². The second-order valence-corrected chi connectivity index (χ2v) is 3.80. The van der Waals surface area contributed by atoms with E-state index >= 15 is 0 Å². The summed E-state index contributed by atoms with van der Waals surface area (Å²) < 4.78 is 2.62. The molecule has 0 fully saturated rings. The number of rotatable bonds is 0. The molecule has 0 saturated heterocycles. The lowest BCUT2D eigenvalue weighted by molar-refractivity contribution is -0.580. The lowest BCUT2D eigenvalue weighted by atomic mass is 10.2. The number of aromatic nitrogens is 3.